The van der Waals surface area contributed by atoms with Crippen LogP contribution in [0.25, 0.3) is 0 Å². The lowest BCUT2D eigenvalue weighted by molar-refractivity contribution is 0.0697. The van der Waals surface area contributed by atoms with Gasteiger partial charge in [0, 0.05) is 25.0 Å². The van der Waals surface area contributed by atoms with Crippen molar-refractivity contribution in [2.45, 2.75) is 25.4 Å². The number of hydrogen-bond donors (Lipinski definition) is 2. The van der Waals surface area contributed by atoms with Gasteiger partial charge >= 0.3 is 5.97 Å². The van der Waals surface area contributed by atoms with Crippen molar-refractivity contribution in [2.24, 2.45) is 5.92 Å². The molecular weight excluding hydrogens is 264 g/mol. The van der Waals surface area contributed by atoms with Crippen LogP contribution in [0.2, 0.25) is 0 Å². The topological polar surface area (TPSA) is 62.2 Å². The van der Waals surface area contributed by atoms with Crippen LogP contribution in [0.1, 0.15) is 40.4 Å². The maximum atomic E-state index is 10.8. The van der Waals surface area contributed by atoms with Crippen molar-refractivity contribution >= 4 is 5.97 Å². The van der Waals surface area contributed by atoms with E-state index in [2.05, 4.69) is 16.4 Å². The Morgan fingerprint density at radius 3 is 2.62 bits per heavy atom. The van der Waals surface area contributed by atoms with Crippen molar-refractivity contribution < 1.29 is 9.90 Å². The molecule has 1 saturated carbocycles. The van der Waals surface area contributed by atoms with E-state index in [1.165, 1.54) is 18.4 Å². The molecule has 1 heterocycles. The second-order valence-electron chi connectivity index (χ2n) is 5.48. The van der Waals surface area contributed by atoms with Crippen molar-refractivity contribution in [3.05, 3.63) is 65.5 Å². The smallest absolute Gasteiger partial charge is 0.335 e. The summed E-state index contributed by atoms with van der Waals surface area (Å²) >= 11 is 0. The number of rotatable bonds is 6. The van der Waals surface area contributed by atoms with E-state index in [0.29, 0.717) is 17.5 Å². The summed E-state index contributed by atoms with van der Waals surface area (Å²) in [5.41, 5.74) is 2.64. The average Bonchev–Trinajstić information content (AvgIpc) is 3.34. The van der Waals surface area contributed by atoms with E-state index in [-0.39, 0.29) is 0 Å². The molecule has 3 rings (SSSR count). The van der Waals surface area contributed by atoms with Crippen LogP contribution < -0.4 is 5.32 Å². The summed E-state index contributed by atoms with van der Waals surface area (Å²) in [5.74, 6) is -0.201. The number of aromatic nitrogens is 1. The summed E-state index contributed by atoms with van der Waals surface area (Å²) < 4.78 is 0. The van der Waals surface area contributed by atoms with Gasteiger partial charge in [0.2, 0.25) is 0 Å². The molecule has 0 saturated heterocycles. The van der Waals surface area contributed by atoms with Gasteiger partial charge in [-0.05, 0) is 48.1 Å². The quantitative estimate of drug-likeness (QED) is 0.855. The first kappa shape index (κ1) is 13.8. The monoisotopic (exact) mass is 282 g/mol. The minimum absolute atomic E-state index is 0.324. The molecule has 108 valence electrons. The SMILES string of the molecule is O=C(O)c1ccc(CNC(c2cccnc2)C2CC2)cc1. The average molecular weight is 282 g/mol. The van der Waals surface area contributed by atoms with Gasteiger partial charge in [-0.2, -0.15) is 0 Å². The van der Waals surface area contributed by atoms with Crippen LogP contribution in [0.15, 0.2) is 48.8 Å². The highest BCUT2D eigenvalue weighted by Crippen LogP contribution is 2.40. The number of pyridine rings is 1. The van der Waals surface area contributed by atoms with Crippen LogP contribution >= 0.6 is 0 Å². The fraction of sp³-hybridized carbons (Fsp3) is 0.294. The summed E-state index contributed by atoms with van der Waals surface area (Å²) in [6.45, 7) is 0.732. The van der Waals surface area contributed by atoms with Crippen molar-refractivity contribution in [1.29, 1.82) is 0 Å². The van der Waals surface area contributed by atoms with E-state index < -0.39 is 5.97 Å². The van der Waals surface area contributed by atoms with Gasteiger partial charge in [0.05, 0.1) is 5.56 Å². The lowest BCUT2D eigenvalue weighted by atomic mass is 10.0. The van der Waals surface area contributed by atoms with Crippen molar-refractivity contribution in [2.75, 3.05) is 0 Å². The molecule has 4 heteroatoms. The number of benzene rings is 1. The molecule has 1 aliphatic carbocycles. The molecular formula is C17H18N2O2. The molecule has 1 aliphatic rings. The fourth-order valence-corrected chi connectivity index (χ4v) is 2.54. The van der Waals surface area contributed by atoms with Crippen molar-refractivity contribution in [3.63, 3.8) is 0 Å². The second kappa shape index (κ2) is 6.06. The normalized spacial score (nSPS) is 15.6. The third kappa shape index (κ3) is 3.47. The maximum Gasteiger partial charge on any atom is 0.335 e. The number of hydrogen-bond acceptors (Lipinski definition) is 3. The Morgan fingerprint density at radius 1 is 1.29 bits per heavy atom. The molecule has 2 aromatic rings. The van der Waals surface area contributed by atoms with E-state index in [9.17, 15) is 4.79 Å². The van der Waals surface area contributed by atoms with E-state index in [4.69, 9.17) is 5.11 Å². The van der Waals surface area contributed by atoms with Gasteiger partial charge in [-0.3, -0.25) is 4.98 Å². The molecule has 1 fully saturated rings. The number of carboxylic acids is 1. The second-order valence-corrected chi connectivity index (χ2v) is 5.48. The Kier molecular flexibility index (Phi) is 3.97. The number of carbonyl (C=O) groups is 1. The standard InChI is InChI=1S/C17H18N2O2/c20-17(21)14-5-3-12(4-6-14)10-19-16(13-7-8-13)15-2-1-9-18-11-15/h1-6,9,11,13,16,19H,7-8,10H2,(H,20,21). The molecule has 0 radical (unpaired) electrons. The lowest BCUT2D eigenvalue weighted by Crippen LogP contribution is -2.22. The Bertz CT molecular complexity index is 606. The zero-order valence-corrected chi connectivity index (χ0v) is 11.7. The number of nitrogens with one attached hydrogen (secondary N) is 1. The third-order valence-corrected chi connectivity index (χ3v) is 3.86. The minimum Gasteiger partial charge on any atom is -0.478 e. The molecule has 1 aromatic heterocycles. The zero-order chi connectivity index (χ0) is 14.7. The van der Waals surface area contributed by atoms with Gasteiger partial charge in [0.1, 0.15) is 0 Å². The predicted octanol–water partition coefficient (Wildman–Crippen LogP) is 3.02. The fourth-order valence-electron chi connectivity index (χ4n) is 2.54. The Hall–Kier alpha value is -2.20. The van der Waals surface area contributed by atoms with Crippen molar-refractivity contribution in [1.82, 2.24) is 10.3 Å². The molecule has 0 spiro atoms. The molecule has 1 atom stereocenters. The van der Waals surface area contributed by atoms with Crippen molar-refractivity contribution in [3.8, 4) is 0 Å². The van der Waals surface area contributed by atoms with Crippen LogP contribution in [-0.4, -0.2) is 16.1 Å². The van der Waals surface area contributed by atoms with Crippen LogP contribution in [-0.2, 0) is 6.54 Å². The molecule has 21 heavy (non-hydrogen) atoms. The zero-order valence-electron chi connectivity index (χ0n) is 11.7. The first-order chi connectivity index (χ1) is 10.2. The van der Waals surface area contributed by atoms with E-state index in [0.717, 1.165) is 12.1 Å². The molecule has 0 aliphatic heterocycles. The molecule has 4 nitrogen and oxygen atoms in total. The molecule has 0 bridgehead atoms. The van der Waals surface area contributed by atoms with E-state index in [1.807, 2.05) is 24.4 Å². The molecule has 0 amide bonds. The highest BCUT2D eigenvalue weighted by Gasteiger charge is 2.31. The minimum atomic E-state index is -0.888. The Labute approximate surface area is 123 Å². The first-order valence-corrected chi connectivity index (χ1v) is 7.19. The molecule has 1 aromatic carbocycles. The summed E-state index contributed by atoms with van der Waals surface area (Å²) in [4.78, 5) is 15.0. The first-order valence-electron chi connectivity index (χ1n) is 7.19. The van der Waals surface area contributed by atoms with Crippen LogP contribution in [0.4, 0.5) is 0 Å². The predicted molar refractivity (Wildman–Crippen MR) is 79.9 cm³/mol. The van der Waals surface area contributed by atoms with Crippen LogP contribution in [0.3, 0.4) is 0 Å². The Balaban J connectivity index is 1.66. The lowest BCUT2D eigenvalue weighted by Gasteiger charge is -2.18. The van der Waals surface area contributed by atoms with Crippen LogP contribution in [0, 0.1) is 5.92 Å². The summed E-state index contributed by atoms with van der Waals surface area (Å²) in [5, 5.41) is 12.5. The number of nitrogens with zero attached hydrogens (tertiary/aromatic N) is 1. The highest BCUT2D eigenvalue weighted by atomic mass is 16.4. The Morgan fingerprint density at radius 2 is 2.05 bits per heavy atom. The molecule has 2 N–H and O–H groups in total. The van der Waals surface area contributed by atoms with Gasteiger partial charge in [-0.25, -0.2) is 4.79 Å². The van der Waals surface area contributed by atoms with Gasteiger partial charge in [-0.1, -0.05) is 18.2 Å². The van der Waals surface area contributed by atoms with Gasteiger partial charge in [0.15, 0.2) is 0 Å². The number of carboxylic acid groups (broad SMARTS) is 1. The molecule has 1 unspecified atom stereocenters. The van der Waals surface area contributed by atoms with Crippen LogP contribution in [0.5, 0.6) is 0 Å². The van der Waals surface area contributed by atoms with E-state index in [1.54, 1.807) is 18.3 Å². The largest absolute Gasteiger partial charge is 0.478 e. The maximum absolute atomic E-state index is 10.8. The highest BCUT2D eigenvalue weighted by molar-refractivity contribution is 5.87. The van der Waals surface area contributed by atoms with Gasteiger partial charge < -0.3 is 10.4 Å². The summed E-state index contributed by atoms with van der Waals surface area (Å²) in [6.07, 6.45) is 6.22. The van der Waals surface area contributed by atoms with E-state index >= 15 is 0 Å². The van der Waals surface area contributed by atoms with Gasteiger partial charge in [-0.15, -0.1) is 0 Å². The van der Waals surface area contributed by atoms with Gasteiger partial charge in [0.25, 0.3) is 0 Å². The third-order valence-electron chi connectivity index (χ3n) is 3.86. The number of aromatic carboxylic acids is 1. The summed E-state index contributed by atoms with van der Waals surface area (Å²) in [6, 6.07) is 11.4. The summed E-state index contributed by atoms with van der Waals surface area (Å²) in [7, 11) is 0.